The topological polar surface area (TPSA) is 72.3 Å². The van der Waals surface area contributed by atoms with E-state index in [1.54, 1.807) is 51.8 Å². The van der Waals surface area contributed by atoms with E-state index < -0.39 is 0 Å². The summed E-state index contributed by atoms with van der Waals surface area (Å²) in [5.74, 6) is 0.614. The monoisotopic (exact) mass is 404 g/mol. The van der Waals surface area contributed by atoms with Crippen LogP contribution >= 0.6 is 11.6 Å². The second-order valence-corrected chi connectivity index (χ2v) is 6.89. The number of fused-ring (bicyclic) bond motifs is 1. The highest BCUT2D eigenvalue weighted by Crippen LogP contribution is 2.30. The zero-order chi connectivity index (χ0) is 20.4. The molecule has 2 aromatic carbocycles. The number of ether oxygens (including phenoxy) is 1. The molecule has 6 nitrogen and oxygen atoms in total. The highest BCUT2D eigenvalue weighted by atomic mass is 35.5. The molecule has 2 aromatic heterocycles. The minimum Gasteiger partial charge on any atom is -0.492 e. The number of rotatable bonds is 5. The summed E-state index contributed by atoms with van der Waals surface area (Å²) in [6.45, 7) is 2.80. The van der Waals surface area contributed by atoms with Crippen LogP contribution in [0.3, 0.4) is 0 Å². The minimum atomic E-state index is -0.161. The molecule has 4 rings (SSSR count). The molecule has 0 amide bonds. The quantitative estimate of drug-likeness (QED) is 0.501. The fourth-order valence-corrected chi connectivity index (χ4v) is 3.40. The van der Waals surface area contributed by atoms with E-state index >= 15 is 0 Å². The Labute approximate surface area is 172 Å². The Morgan fingerprint density at radius 3 is 2.79 bits per heavy atom. The summed E-state index contributed by atoms with van der Waals surface area (Å²) >= 11 is 6.28. The van der Waals surface area contributed by atoms with Crippen molar-refractivity contribution in [2.75, 3.05) is 6.61 Å². The molecular formula is C22H17ClN4O2. The average Bonchev–Trinajstić information content (AvgIpc) is 3.17. The predicted molar refractivity (Wildman–Crippen MR) is 111 cm³/mol. The fraction of sp³-hybridized carbons (Fsp3) is 0.136. The first-order valence-corrected chi connectivity index (χ1v) is 9.47. The van der Waals surface area contributed by atoms with Crippen LogP contribution in [-0.2, 0) is 6.54 Å². The highest BCUT2D eigenvalue weighted by molar-refractivity contribution is 6.32. The first-order chi connectivity index (χ1) is 14.1. The van der Waals surface area contributed by atoms with Gasteiger partial charge in [-0.15, -0.1) is 0 Å². The summed E-state index contributed by atoms with van der Waals surface area (Å²) in [5.41, 5.74) is 3.20. The number of aromatic nitrogens is 3. The van der Waals surface area contributed by atoms with Crippen LogP contribution in [0.5, 0.6) is 5.75 Å². The van der Waals surface area contributed by atoms with Crippen molar-refractivity contribution < 1.29 is 4.74 Å². The van der Waals surface area contributed by atoms with Crippen LogP contribution in [0.4, 0.5) is 0 Å². The molecule has 0 saturated heterocycles. The van der Waals surface area contributed by atoms with E-state index in [4.69, 9.17) is 21.6 Å². The molecule has 0 spiro atoms. The second kappa shape index (κ2) is 7.82. The third-order valence-corrected chi connectivity index (χ3v) is 4.84. The van der Waals surface area contributed by atoms with E-state index in [2.05, 4.69) is 11.2 Å². The van der Waals surface area contributed by atoms with Crippen molar-refractivity contribution in [3.8, 4) is 23.1 Å². The van der Waals surface area contributed by atoms with Crippen molar-refractivity contribution in [2.45, 2.75) is 13.5 Å². The van der Waals surface area contributed by atoms with Crippen molar-refractivity contribution in [3.63, 3.8) is 0 Å². The smallest absolute Gasteiger partial charge is 0.276 e. The van der Waals surface area contributed by atoms with Crippen LogP contribution < -0.4 is 10.3 Å². The molecule has 0 aliphatic carbocycles. The number of nitrogens with zero attached hydrogens (tertiary/aromatic N) is 4. The molecule has 0 unspecified atom stereocenters. The Morgan fingerprint density at radius 1 is 1.17 bits per heavy atom. The van der Waals surface area contributed by atoms with Crippen molar-refractivity contribution >= 4 is 17.1 Å². The van der Waals surface area contributed by atoms with Crippen molar-refractivity contribution in [2.24, 2.45) is 0 Å². The molecule has 0 N–H and O–H groups in total. The van der Waals surface area contributed by atoms with Crippen LogP contribution in [0.2, 0.25) is 5.02 Å². The van der Waals surface area contributed by atoms with Gasteiger partial charge in [-0.25, -0.2) is 4.52 Å². The molecule has 0 fully saturated rings. The maximum Gasteiger partial charge on any atom is 0.276 e. The zero-order valence-corrected chi connectivity index (χ0v) is 16.4. The maximum atomic E-state index is 12.9. The van der Waals surface area contributed by atoms with E-state index in [1.807, 2.05) is 25.1 Å². The van der Waals surface area contributed by atoms with Gasteiger partial charge in [-0.2, -0.15) is 10.4 Å². The van der Waals surface area contributed by atoms with Crippen LogP contribution in [-0.4, -0.2) is 20.8 Å². The minimum absolute atomic E-state index is 0.161. The van der Waals surface area contributed by atoms with Gasteiger partial charge in [-0.1, -0.05) is 23.7 Å². The lowest BCUT2D eigenvalue weighted by Gasteiger charge is -2.06. The van der Waals surface area contributed by atoms with Gasteiger partial charge in [0.25, 0.3) is 5.56 Å². The lowest BCUT2D eigenvalue weighted by atomic mass is 10.1. The van der Waals surface area contributed by atoms with Crippen LogP contribution in [0.1, 0.15) is 18.1 Å². The summed E-state index contributed by atoms with van der Waals surface area (Å²) in [7, 11) is 0. The van der Waals surface area contributed by atoms with E-state index in [1.165, 1.54) is 0 Å². The number of halogens is 1. The summed E-state index contributed by atoms with van der Waals surface area (Å²) in [5, 5.41) is 14.0. The Balaban J connectivity index is 1.70. The first-order valence-electron chi connectivity index (χ1n) is 9.09. The maximum absolute atomic E-state index is 12.9. The van der Waals surface area contributed by atoms with Crippen molar-refractivity contribution in [1.29, 1.82) is 5.26 Å². The standard InChI is InChI=1S/C22H17ClN4O2/c1-2-29-21-7-6-17(11-18(21)23)19-12-20-22(28)26(8-9-27(20)25-19)14-16-5-3-4-15(10-16)13-24/h3-12H,2,14H2,1H3. The molecular weight excluding hydrogens is 388 g/mol. The summed E-state index contributed by atoms with van der Waals surface area (Å²) in [6, 6.07) is 16.5. The third-order valence-electron chi connectivity index (χ3n) is 4.54. The fourth-order valence-electron chi connectivity index (χ4n) is 3.16. The molecule has 0 atom stereocenters. The Hall–Kier alpha value is -3.56. The largest absolute Gasteiger partial charge is 0.492 e. The van der Waals surface area contributed by atoms with Crippen LogP contribution in [0, 0.1) is 11.3 Å². The van der Waals surface area contributed by atoms with E-state index in [0.717, 1.165) is 11.1 Å². The number of hydrogen-bond acceptors (Lipinski definition) is 4. The molecule has 29 heavy (non-hydrogen) atoms. The van der Waals surface area contributed by atoms with Gasteiger partial charge in [0.1, 0.15) is 11.3 Å². The van der Waals surface area contributed by atoms with Crippen LogP contribution in [0.15, 0.2) is 65.7 Å². The van der Waals surface area contributed by atoms with Gasteiger partial charge >= 0.3 is 0 Å². The normalized spacial score (nSPS) is 10.8. The molecule has 144 valence electrons. The summed E-state index contributed by atoms with van der Waals surface area (Å²) in [6.07, 6.45) is 3.43. The molecule has 4 aromatic rings. The number of nitriles is 1. The Morgan fingerprint density at radius 2 is 2.03 bits per heavy atom. The summed E-state index contributed by atoms with van der Waals surface area (Å²) in [4.78, 5) is 12.9. The van der Waals surface area contributed by atoms with Crippen molar-refractivity contribution in [1.82, 2.24) is 14.2 Å². The van der Waals surface area contributed by atoms with E-state index in [9.17, 15) is 4.79 Å². The Kier molecular flexibility index (Phi) is 5.07. The lowest BCUT2D eigenvalue weighted by molar-refractivity contribution is 0.340. The summed E-state index contributed by atoms with van der Waals surface area (Å²) < 4.78 is 8.62. The van der Waals surface area contributed by atoms with Crippen LogP contribution in [0.25, 0.3) is 16.8 Å². The molecule has 0 bridgehead atoms. The van der Waals surface area contributed by atoms with Gasteiger partial charge in [0.2, 0.25) is 0 Å². The van der Waals surface area contributed by atoms with E-state index in [-0.39, 0.29) is 5.56 Å². The highest BCUT2D eigenvalue weighted by Gasteiger charge is 2.11. The molecule has 2 heterocycles. The van der Waals surface area contributed by atoms with Gasteiger partial charge < -0.3 is 9.30 Å². The molecule has 0 aliphatic rings. The SMILES string of the molecule is CCOc1ccc(-c2cc3c(=O)n(Cc4cccc(C#N)c4)ccn3n2)cc1Cl. The number of benzene rings is 2. The van der Waals surface area contributed by atoms with Gasteiger partial charge in [-0.05, 0) is 48.9 Å². The van der Waals surface area contributed by atoms with Gasteiger partial charge in [0, 0.05) is 18.0 Å². The van der Waals surface area contributed by atoms with Gasteiger partial charge in [0.15, 0.2) is 0 Å². The van der Waals surface area contributed by atoms with Gasteiger partial charge in [-0.3, -0.25) is 4.79 Å². The Bertz CT molecular complexity index is 1300. The zero-order valence-electron chi connectivity index (χ0n) is 15.7. The molecule has 7 heteroatoms. The van der Waals surface area contributed by atoms with E-state index in [0.29, 0.717) is 40.7 Å². The molecule has 0 radical (unpaired) electrons. The van der Waals surface area contributed by atoms with Gasteiger partial charge in [0.05, 0.1) is 35.5 Å². The molecule has 0 aliphatic heterocycles. The third kappa shape index (κ3) is 3.73. The van der Waals surface area contributed by atoms with Crippen molar-refractivity contribution in [3.05, 3.63) is 87.4 Å². The second-order valence-electron chi connectivity index (χ2n) is 6.48. The first kappa shape index (κ1) is 18.8. The lowest BCUT2D eigenvalue weighted by Crippen LogP contribution is -2.21. The predicted octanol–water partition coefficient (Wildman–Crippen LogP) is 4.14. The molecule has 0 saturated carbocycles. The average molecular weight is 405 g/mol. The number of hydrogen-bond donors (Lipinski definition) is 0.